The quantitative estimate of drug-likeness (QED) is 0.793. The van der Waals surface area contributed by atoms with Gasteiger partial charge in [-0.2, -0.15) is 0 Å². The Morgan fingerprint density at radius 2 is 2.10 bits per heavy atom. The van der Waals surface area contributed by atoms with Gasteiger partial charge in [-0.3, -0.25) is 4.79 Å². The highest BCUT2D eigenvalue weighted by atomic mass is 32.2. The van der Waals surface area contributed by atoms with Gasteiger partial charge in [0.25, 0.3) is 0 Å². The van der Waals surface area contributed by atoms with Crippen molar-refractivity contribution in [3.05, 3.63) is 22.4 Å². The van der Waals surface area contributed by atoms with E-state index in [1.165, 1.54) is 0 Å². The molecule has 0 radical (unpaired) electrons. The molecule has 1 amide bonds. The van der Waals surface area contributed by atoms with E-state index in [4.69, 9.17) is 5.73 Å². The van der Waals surface area contributed by atoms with Crippen molar-refractivity contribution in [1.29, 1.82) is 0 Å². The van der Waals surface area contributed by atoms with Crippen LogP contribution < -0.4 is 11.1 Å². The predicted molar refractivity (Wildman–Crippen MR) is 82.3 cm³/mol. The first-order chi connectivity index (χ1) is 9.20. The topological polar surface area (TPSA) is 89.3 Å². The molecule has 20 heavy (non-hydrogen) atoms. The number of amides is 1. The second kappa shape index (κ2) is 7.19. The molecule has 0 aromatic carbocycles. The van der Waals surface area contributed by atoms with E-state index in [2.05, 4.69) is 5.32 Å². The summed E-state index contributed by atoms with van der Waals surface area (Å²) < 4.78 is 22.2. The van der Waals surface area contributed by atoms with Crippen molar-refractivity contribution in [2.75, 3.05) is 12.0 Å². The molecule has 3 N–H and O–H groups in total. The highest BCUT2D eigenvalue weighted by Crippen LogP contribution is 2.25. The fourth-order valence-corrected chi connectivity index (χ4v) is 3.40. The van der Waals surface area contributed by atoms with Crippen molar-refractivity contribution < 1.29 is 13.2 Å². The molecule has 1 aromatic heterocycles. The molecule has 2 atom stereocenters. The van der Waals surface area contributed by atoms with E-state index in [1.807, 2.05) is 31.4 Å². The molecule has 0 bridgehead atoms. The Hall–Kier alpha value is -0.920. The van der Waals surface area contributed by atoms with Gasteiger partial charge in [0.05, 0.1) is 17.8 Å². The third-order valence-corrected chi connectivity index (χ3v) is 4.88. The summed E-state index contributed by atoms with van der Waals surface area (Å²) in [5.41, 5.74) is 5.75. The molecule has 1 heterocycles. The van der Waals surface area contributed by atoms with Gasteiger partial charge in [0.1, 0.15) is 9.84 Å². The summed E-state index contributed by atoms with van der Waals surface area (Å²) in [6.45, 7) is 4.04. The highest BCUT2D eigenvalue weighted by Gasteiger charge is 2.23. The summed E-state index contributed by atoms with van der Waals surface area (Å²) in [6.07, 6.45) is 1.28. The van der Waals surface area contributed by atoms with Crippen LogP contribution in [-0.4, -0.2) is 32.4 Å². The van der Waals surface area contributed by atoms with Crippen LogP contribution in [0.25, 0.3) is 0 Å². The minimum Gasteiger partial charge on any atom is -0.347 e. The van der Waals surface area contributed by atoms with E-state index in [9.17, 15) is 13.2 Å². The largest absolute Gasteiger partial charge is 0.347 e. The Balaban J connectivity index is 2.63. The Morgan fingerprint density at radius 1 is 1.45 bits per heavy atom. The van der Waals surface area contributed by atoms with E-state index in [0.29, 0.717) is 0 Å². The van der Waals surface area contributed by atoms with E-state index >= 15 is 0 Å². The average molecular weight is 318 g/mol. The lowest BCUT2D eigenvalue weighted by Gasteiger charge is -2.23. The molecular formula is C13H22N2O3S2. The second-order valence-electron chi connectivity index (χ2n) is 5.27. The summed E-state index contributed by atoms with van der Waals surface area (Å²) in [7, 11) is -3.10. The zero-order chi connectivity index (χ0) is 15.3. The zero-order valence-electron chi connectivity index (χ0n) is 12.0. The monoisotopic (exact) mass is 318 g/mol. The molecule has 0 saturated heterocycles. The molecule has 1 rings (SSSR count). The first-order valence-electron chi connectivity index (χ1n) is 6.48. The molecule has 114 valence electrons. The Bertz CT molecular complexity index is 524. The number of carbonyl (C=O) groups excluding carboxylic acids is 1. The maximum absolute atomic E-state index is 12.0. The Kier molecular flexibility index (Phi) is 6.16. The van der Waals surface area contributed by atoms with E-state index in [0.717, 1.165) is 11.1 Å². The van der Waals surface area contributed by atoms with Gasteiger partial charge in [0.15, 0.2) is 0 Å². The van der Waals surface area contributed by atoms with E-state index < -0.39 is 15.9 Å². The van der Waals surface area contributed by atoms with Gasteiger partial charge in [-0.25, -0.2) is 8.42 Å². The molecule has 0 saturated carbocycles. The van der Waals surface area contributed by atoms with Gasteiger partial charge in [0, 0.05) is 11.1 Å². The van der Waals surface area contributed by atoms with Crippen molar-refractivity contribution in [2.24, 2.45) is 11.7 Å². The predicted octanol–water partition coefficient (Wildman–Crippen LogP) is 1.32. The summed E-state index contributed by atoms with van der Waals surface area (Å²) in [5, 5.41) is 4.87. The van der Waals surface area contributed by atoms with Gasteiger partial charge in [-0.1, -0.05) is 19.9 Å². The van der Waals surface area contributed by atoms with Crippen LogP contribution in [-0.2, 0) is 14.6 Å². The Labute approximate surface area is 124 Å². The maximum Gasteiger partial charge on any atom is 0.237 e. The summed E-state index contributed by atoms with van der Waals surface area (Å²) in [5.74, 6) is -0.145. The number of hydrogen-bond acceptors (Lipinski definition) is 5. The normalized spacial score (nSPS) is 15.1. The molecule has 0 aliphatic rings. The van der Waals surface area contributed by atoms with E-state index in [-0.39, 0.29) is 30.0 Å². The highest BCUT2D eigenvalue weighted by molar-refractivity contribution is 7.90. The SMILES string of the molecule is CC(C)C(NC(=O)C(N)CCS(C)(=O)=O)c1cccs1. The number of nitrogens with one attached hydrogen (secondary N) is 1. The van der Waals surface area contributed by atoms with Crippen LogP contribution in [0.5, 0.6) is 0 Å². The van der Waals surface area contributed by atoms with Crippen LogP contribution in [0.1, 0.15) is 31.2 Å². The van der Waals surface area contributed by atoms with Crippen LogP contribution in [0.15, 0.2) is 17.5 Å². The van der Waals surface area contributed by atoms with Gasteiger partial charge in [0.2, 0.25) is 5.91 Å². The smallest absolute Gasteiger partial charge is 0.237 e. The third-order valence-electron chi connectivity index (χ3n) is 2.95. The van der Waals surface area contributed by atoms with E-state index in [1.54, 1.807) is 11.3 Å². The lowest BCUT2D eigenvalue weighted by Crippen LogP contribution is -2.44. The van der Waals surface area contributed by atoms with Crippen molar-refractivity contribution in [3.8, 4) is 0 Å². The number of thiophene rings is 1. The summed E-state index contributed by atoms with van der Waals surface area (Å²) in [4.78, 5) is 13.1. The van der Waals surface area contributed by atoms with Crippen molar-refractivity contribution >= 4 is 27.1 Å². The zero-order valence-corrected chi connectivity index (χ0v) is 13.6. The van der Waals surface area contributed by atoms with Crippen LogP contribution in [0, 0.1) is 5.92 Å². The average Bonchev–Trinajstić information content (AvgIpc) is 2.84. The van der Waals surface area contributed by atoms with Crippen molar-refractivity contribution in [1.82, 2.24) is 5.32 Å². The van der Waals surface area contributed by atoms with Gasteiger partial charge < -0.3 is 11.1 Å². The molecule has 2 unspecified atom stereocenters. The van der Waals surface area contributed by atoms with Crippen molar-refractivity contribution in [3.63, 3.8) is 0 Å². The molecule has 0 aliphatic carbocycles. The molecule has 5 nitrogen and oxygen atoms in total. The van der Waals surface area contributed by atoms with Crippen LogP contribution in [0.2, 0.25) is 0 Å². The molecular weight excluding hydrogens is 296 g/mol. The molecule has 1 aromatic rings. The summed E-state index contributed by atoms with van der Waals surface area (Å²) >= 11 is 1.58. The fourth-order valence-electron chi connectivity index (χ4n) is 1.77. The van der Waals surface area contributed by atoms with Gasteiger partial charge in [-0.15, -0.1) is 11.3 Å². The molecule has 0 aliphatic heterocycles. The van der Waals surface area contributed by atoms with Gasteiger partial charge >= 0.3 is 0 Å². The molecule has 7 heteroatoms. The molecule has 0 fully saturated rings. The first-order valence-corrected chi connectivity index (χ1v) is 9.42. The summed E-state index contributed by atoms with van der Waals surface area (Å²) in [6, 6.07) is 3.01. The van der Waals surface area contributed by atoms with Crippen LogP contribution in [0.3, 0.4) is 0 Å². The minimum absolute atomic E-state index is 0.0765. The number of nitrogens with two attached hydrogens (primary N) is 1. The minimum atomic E-state index is -3.10. The van der Waals surface area contributed by atoms with Crippen molar-refractivity contribution in [2.45, 2.75) is 32.4 Å². The number of sulfone groups is 1. The standard InChI is InChI=1S/C13H22N2O3S2/c1-9(2)12(11-5-4-7-19-11)15-13(16)10(14)6-8-20(3,17)18/h4-5,7,9-10,12H,6,8,14H2,1-3H3,(H,15,16). The maximum atomic E-state index is 12.0. The fraction of sp³-hybridized carbons (Fsp3) is 0.615. The lowest BCUT2D eigenvalue weighted by atomic mass is 10.0. The lowest BCUT2D eigenvalue weighted by molar-refractivity contribution is -0.123. The number of carbonyl (C=O) groups is 1. The number of hydrogen-bond donors (Lipinski definition) is 2. The van der Waals surface area contributed by atoms with Gasteiger partial charge in [-0.05, 0) is 23.8 Å². The molecule has 0 spiro atoms. The van der Waals surface area contributed by atoms with Crippen LogP contribution >= 0.6 is 11.3 Å². The first kappa shape index (κ1) is 17.1. The Morgan fingerprint density at radius 3 is 2.55 bits per heavy atom. The second-order valence-corrected chi connectivity index (χ2v) is 8.51. The number of rotatable bonds is 7. The third kappa shape index (κ3) is 5.60. The van der Waals surface area contributed by atoms with Crippen LogP contribution in [0.4, 0.5) is 0 Å².